The molecule has 0 radical (unpaired) electrons. The SMILES string of the molecule is CCn1cncc1Cn1c(/C=C/C(=O)O)nnc1CN1CCC(c2cccc3c2OC[C@@H](c2ccc(Cl)cc2)O3)CC1. The number of hydrogen-bond donors (Lipinski definition) is 1. The number of hydrogen-bond acceptors (Lipinski definition) is 7. The zero-order valence-corrected chi connectivity index (χ0v) is 24.2. The first kappa shape index (κ1) is 28.0. The highest BCUT2D eigenvalue weighted by molar-refractivity contribution is 6.30. The summed E-state index contributed by atoms with van der Waals surface area (Å²) in [6.07, 6.45) is 7.99. The molecule has 1 N–H and O–H groups in total. The molecule has 1 saturated heterocycles. The summed E-state index contributed by atoms with van der Waals surface area (Å²) in [6.45, 7) is 6.22. The van der Waals surface area contributed by atoms with Crippen LogP contribution in [0.4, 0.5) is 0 Å². The highest BCUT2D eigenvalue weighted by atomic mass is 35.5. The summed E-state index contributed by atoms with van der Waals surface area (Å²) in [5, 5.41) is 18.6. The first-order valence-corrected chi connectivity index (χ1v) is 14.6. The average molecular weight is 589 g/mol. The predicted octanol–water partition coefficient (Wildman–Crippen LogP) is 5.19. The normalized spacial score (nSPS) is 17.6. The molecule has 2 aromatic carbocycles. The van der Waals surface area contributed by atoms with E-state index in [9.17, 15) is 4.79 Å². The number of fused-ring (bicyclic) bond motifs is 1. The average Bonchev–Trinajstić information content (AvgIpc) is 3.62. The van der Waals surface area contributed by atoms with Crippen molar-refractivity contribution in [2.24, 2.45) is 0 Å². The van der Waals surface area contributed by atoms with Crippen LogP contribution in [0.3, 0.4) is 0 Å². The van der Waals surface area contributed by atoms with E-state index in [1.807, 2.05) is 47.2 Å². The van der Waals surface area contributed by atoms with E-state index in [2.05, 4.69) is 37.6 Å². The van der Waals surface area contributed by atoms with Gasteiger partial charge in [-0.05, 0) is 68.6 Å². The minimum absolute atomic E-state index is 0.171. The largest absolute Gasteiger partial charge is 0.485 e. The van der Waals surface area contributed by atoms with Crippen LogP contribution in [-0.2, 0) is 24.4 Å². The van der Waals surface area contributed by atoms with Crippen LogP contribution in [0.5, 0.6) is 11.5 Å². The van der Waals surface area contributed by atoms with Crippen LogP contribution in [0.15, 0.2) is 61.1 Å². The Labute approximate surface area is 249 Å². The Kier molecular flexibility index (Phi) is 8.25. The molecule has 4 heterocycles. The number of carboxylic acid groups (broad SMARTS) is 1. The molecule has 0 spiro atoms. The molecule has 2 aliphatic heterocycles. The van der Waals surface area contributed by atoms with Gasteiger partial charge >= 0.3 is 5.97 Å². The van der Waals surface area contributed by atoms with E-state index in [1.165, 1.54) is 11.6 Å². The topological polar surface area (TPSA) is 108 Å². The lowest BCUT2D eigenvalue weighted by atomic mass is 9.88. The zero-order chi connectivity index (χ0) is 29.1. The van der Waals surface area contributed by atoms with Crippen LogP contribution in [-0.4, -0.2) is 60.0 Å². The number of rotatable bonds is 9. The Morgan fingerprint density at radius 1 is 1.12 bits per heavy atom. The van der Waals surface area contributed by atoms with Crippen LogP contribution in [0, 0.1) is 0 Å². The minimum atomic E-state index is -1.02. The molecule has 0 amide bonds. The summed E-state index contributed by atoms with van der Waals surface area (Å²) < 4.78 is 16.7. The lowest BCUT2D eigenvalue weighted by molar-refractivity contribution is -0.131. The molecule has 218 valence electrons. The monoisotopic (exact) mass is 588 g/mol. The lowest BCUT2D eigenvalue weighted by Crippen LogP contribution is -2.34. The maximum atomic E-state index is 11.2. The third kappa shape index (κ3) is 6.05. The van der Waals surface area contributed by atoms with Gasteiger partial charge in [0.05, 0.1) is 25.1 Å². The molecule has 1 fully saturated rings. The molecule has 0 unspecified atom stereocenters. The Balaban J connectivity index is 1.13. The van der Waals surface area contributed by atoms with Crippen molar-refractivity contribution in [2.45, 2.75) is 51.4 Å². The van der Waals surface area contributed by atoms with E-state index in [0.29, 0.717) is 36.5 Å². The van der Waals surface area contributed by atoms with Crippen molar-refractivity contribution in [1.82, 2.24) is 29.2 Å². The maximum Gasteiger partial charge on any atom is 0.328 e. The van der Waals surface area contributed by atoms with Crippen LogP contribution in [0.2, 0.25) is 5.02 Å². The molecule has 11 heteroatoms. The van der Waals surface area contributed by atoms with Crippen molar-refractivity contribution >= 4 is 23.6 Å². The fourth-order valence-electron chi connectivity index (χ4n) is 5.73. The highest BCUT2D eigenvalue weighted by Crippen LogP contribution is 2.44. The number of aliphatic carboxylic acids is 1. The Hall–Kier alpha value is -4.15. The molecule has 10 nitrogen and oxygen atoms in total. The van der Waals surface area contributed by atoms with Crippen LogP contribution < -0.4 is 9.47 Å². The molecule has 0 saturated carbocycles. The van der Waals surface area contributed by atoms with Gasteiger partial charge in [0.25, 0.3) is 0 Å². The molecule has 1 atom stereocenters. The van der Waals surface area contributed by atoms with Crippen molar-refractivity contribution in [2.75, 3.05) is 19.7 Å². The van der Waals surface area contributed by atoms with Gasteiger partial charge in [0.1, 0.15) is 12.4 Å². The number of carboxylic acids is 1. The third-order valence-corrected chi connectivity index (χ3v) is 8.23. The van der Waals surface area contributed by atoms with Crippen molar-refractivity contribution in [3.63, 3.8) is 0 Å². The van der Waals surface area contributed by atoms with Gasteiger partial charge in [-0.3, -0.25) is 4.90 Å². The first-order valence-electron chi connectivity index (χ1n) is 14.2. The van der Waals surface area contributed by atoms with Crippen molar-refractivity contribution in [1.29, 1.82) is 0 Å². The quantitative estimate of drug-likeness (QED) is 0.266. The maximum absolute atomic E-state index is 11.2. The second-order valence-electron chi connectivity index (χ2n) is 10.6. The number of ether oxygens (including phenoxy) is 2. The minimum Gasteiger partial charge on any atom is -0.485 e. The molecule has 6 rings (SSSR count). The Morgan fingerprint density at radius 2 is 1.93 bits per heavy atom. The van der Waals surface area contributed by atoms with Gasteiger partial charge < -0.3 is 23.7 Å². The van der Waals surface area contributed by atoms with E-state index in [1.54, 1.807) is 6.33 Å². The van der Waals surface area contributed by atoms with E-state index in [4.69, 9.17) is 26.2 Å². The molecule has 0 aliphatic carbocycles. The van der Waals surface area contributed by atoms with Gasteiger partial charge in [0.2, 0.25) is 0 Å². The summed E-state index contributed by atoms with van der Waals surface area (Å²) in [6, 6.07) is 13.9. The summed E-state index contributed by atoms with van der Waals surface area (Å²) in [7, 11) is 0. The van der Waals surface area contributed by atoms with Gasteiger partial charge in [-0.25, -0.2) is 9.78 Å². The number of benzene rings is 2. The molecule has 4 aromatic rings. The summed E-state index contributed by atoms with van der Waals surface area (Å²) in [5.41, 5.74) is 3.24. The van der Waals surface area contributed by atoms with Gasteiger partial charge in [0, 0.05) is 29.4 Å². The fraction of sp³-hybridized carbons (Fsp3) is 0.355. The van der Waals surface area contributed by atoms with Crippen LogP contribution >= 0.6 is 11.6 Å². The number of carbonyl (C=O) groups is 1. The van der Waals surface area contributed by atoms with E-state index < -0.39 is 5.97 Å². The van der Waals surface area contributed by atoms with Gasteiger partial charge in [-0.15, -0.1) is 10.2 Å². The van der Waals surface area contributed by atoms with Crippen molar-refractivity contribution in [3.05, 3.63) is 94.6 Å². The highest BCUT2D eigenvalue weighted by Gasteiger charge is 2.30. The molecule has 2 aliphatic rings. The number of nitrogens with zero attached hydrogens (tertiary/aromatic N) is 6. The fourth-order valence-corrected chi connectivity index (χ4v) is 5.85. The predicted molar refractivity (Wildman–Crippen MR) is 158 cm³/mol. The standard InChI is InChI=1S/C31H33ClN6O4/c1-2-37-20-33-16-24(37)17-38-28(10-11-30(39)40)34-35-29(38)18-36-14-12-21(13-15-36)25-4-3-5-26-31(25)41-19-27(42-26)22-6-8-23(32)9-7-22/h3-11,16,20-21,27H,2,12-15,17-19H2,1H3,(H,39,40)/b11-10+/t27-/m0/s1. The zero-order valence-electron chi connectivity index (χ0n) is 23.4. The van der Waals surface area contributed by atoms with E-state index in [-0.39, 0.29) is 6.10 Å². The van der Waals surface area contributed by atoms with Gasteiger partial charge in [0.15, 0.2) is 23.4 Å². The Morgan fingerprint density at radius 3 is 2.69 bits per heavy atom. The van der Waals surface area contributed by atoms with E-state index in [0.717, 1.165) is 67.1 Å². The van der Waals surface area contributed by atoms with Gasteiger partial charge in [-0.1, -0.05) is 35.9 Å². The Bertz CT molecular complexity index is 1570. The summed E-state index contributed by atoms with van der Waals surface area (Å²) in [4.78, 5) is 17.8. The van der Waals surface area contributed by atoms with Crippen LogP contribution in [0.25, 0.3) is 6.08 Å². The molecule has 2 aromatic heterocycles. The molecule has 42 heavy (non-hydrogen) atoms. The van der Waals surface area contributed by atoms with Gasteiger partial charge in [-0.2, -0.15) is 0 Å². The van der Waals surface area contributed by atoms with E-state index >= 15 is 0 Å². The number of piperidine rings is 1. The number of imidazole rings is 1. The van der Waals surface area contributed by atoms with Crippen molar-refractivity contribution < 1.29 is 19.4 Å². The smallest absolute Gasteiger partial charge is 0.328 e. The summed E-state index contributed by atoms with van der Waals surface area (Å²) in [5.74, 6) is 2.27. The number of aromatic nitrogens is 5. The number of likely N-dealkylation sites (tertiary alicyclic amines) is 1. The second-order valence-corrected chi connectivity index (χ2v) is 11.0. The second kappa shape index (κ2) is 12.4. The first-order chi connectivity index (χ1) is 20.5. The van der Waals surface area contributed by atoms with Crippen LogP contribution in [0.1, 0.15) is 60.3 Å². The third-order valence-electron chi connectivity index (χ3n) is 7.98. The number of aryl methyl sites for hydroxylation is 1. The van der Waals surface area contributed by atoms with Crippen molar-refractivity contribution in [3.8, 4) is 11.5 Å². The lowest BCUT2D eigenvalue weighted by Gasteiger charge is -2.34. The number of halogens is 1. The molecule has 0 bridgehead atoms. The molecular weight excluding hydrogens is 556 g/mol. The number of para-hydroxylation sites is 1. The molecular formula is C31H33ClN6O4. The summed E-state index contributed by atoms with van der Waals surface area (Å²) >= 11 is 6.06.